The number of aromatic nitrogens is 2. The van der Waals surface area contributed by atoms with Gasteiger partial charge in [0.2, 0.25) is 12.4 Å². The maximum Gasteiger partial charge on any atom is 0.262 e. The van der Waals surface area contributed by atoms with Gasteiger partial charge in [-0.3, -0.25) is 15.0 Å². The summed E-state index contributed by atoms with van der Waals surface area (Å²) in [6, 6.07) is 5.15. The van der Waals surface area contributed by atoms with Crippen LogP contribution >= 0.6 is 0 Å². The summed E-state index contributed by atoms with van der Waals surface area (Å²) in [5.74, 6) is -0.279. The highest BCUT2D eigenvalue weighted by Gasteiger charge is 2.14. The second-order valence-corrected chi connectivity index (χ2v) is 3.62. The maximum absolute atomic E-state index is 11.9. The summed E-state index contributed by atoms with van der Waals surface area (Å²) in [5.41, 5.74) is 1.82. The van der Waals surface area contributed by atoms with E-state index < -0.39 is 0 Å². The Morgan fingerprint density at radius 2 is 2.29 bits per heavy atom. The van der Waals surface area contributed by atoms with E-state index in [4.69, 9.17) is 0 Å². The molecular weight excluding hydrogens is 218 g/mol. The van der Waals surface area contributed by atoms with Crippen molar-refractivity contribution in [3.8, 4) is 0 Å². The van der Waals surface area contributed by atoms with Crippen molar-refractivity contribution < 1.29 is 14.7 Å². The number of hydrogen-bond donors (Lipinski definition) is 2. The Hall–Kier alpha value is -2.43. The normalized spacial score (nSPS) is 9.94. The van der Waals surface area contributed by atoms with Gasteiger partial charge in [-0.15, -0.1) is 0 Å². The van der Waals surface area contributed by atoms with Crippen LogP contribution in [0.25, 0.3) is 0 Å². The van der Waals surface area contributed by atoms with E-state index in [9.17, 15) is 10.0 Å². The molecule has 0 unspecified atom stereocenters. The first-order valence-electron chi connectivity index (χ1n) is 5.09. The SMILES string of the molecule is Cc1cc[n+](O)cc1C(=O)Nc1cccnc1. The Bertz CT molecular complexity index is 541. The summed E-state index contributed by atoms with van der Waals surface area (Å²) in [6.07, 6.45) is 6.02. The molecule has 2 heterocycles. The van der Waals surface area contributed by atoms with Crippen molar-refractivity contribution in [3.63, 3.8) is 0 Å². The molecule has 2 rings (SSSR count). The third kappa shape index (κ3) is 2.57. The molecule has 86 valence electrons. The van der Waals surface area contributed by atoms with Gasteiger partial charge in [0.15, 0.2) is 0 Å². The molecule has 17 heavy (non-hydrogen) atoms. The van der Waals surface area contributed by atoms with Crippen LogP contribution in [0.1, 0.15) is 15.9 Å². The van der Waals surface area contributed by atoms with Crippen LogP contribution in [0.2, 0.25) is 0 Å². The van der Waals surface area contributed by atoms with E-state index in [0.29, 0.717) is 11.3 Å². The van der Waals surface area contributed by atoms with Crippen molar-refractivity contribution in [1.82, 2.24) is 4.98 Å². The number of amides is 1. The van der Waals surface area contributed by atoms with Crippen LogP contribution in [0.5, 0.6) is 0 Å². The largest absolute Gasteiger partial charge is 0.320 e. The van der Waals surface area contributed by atoms with Gasteiger partial charge in [0.05, 0.1) is 11.9 Å². The van der Waals surface area contributed by atoms with Gasteiger partial charge in [-0.2, -0.15) is 0 Å². The summed E-state index contributed by atoms with van der Waals surface area (Å²) in [7, 11) is 0. The molecule has 0 aliphatic rings. The molecule has 0 fully saturated rings. The van der Waals surface area contributed by atoms with Crippen LogP contribution in [-0.4, -0.2) is 16.1 Å². The van der Waals surface area contributed by atoms with Crippen molar-refractivity contribution in [2.45, 2.75) is 6.92 Å². The predicted molar refractivity (Wildman–Crippen MR) is 60.7 cm³/mol. The average molecular weight is 230 g/mol. The molecule has 0 bridgehead atoms. The molecule has 0 saturated carbocycles. The zero-order chi connectivity index (χ0) is 12.3. The fourth-order valence-corrected chi connectivity index (χ4v) is 1.43. The third-order valence-electron chi connectivity index (χ3n) is 2.33. The number of carbonyl (C=O) groups is 1. The summed E-state index contributed by atoms with van der Waals surface area (Å²) < 4.78 is 0.852. The third-order valence-corrected chi connectivity index (χ3v) is 2.33. The van der Waals surface area contributed by atoms with Crippen molar-refractivity contribution in [1.29, 1.82) is 0 Å². The van der Waals surface area contributed by atoms with E-state index in [2.05, 4.69) is 10.3 Å². The number of pyridine rings is 2. The van der Waals surface area contributed by atoms with E-state index in [1.165, 1.54) is 12.4 Å². The number of rotatable bonds is 2. The van der Waals surface area contributed by atoms with Gasteiger partial charge >= 0.3 is 0 Å². The van der Waals surface area contributed by atoms with Gasteiger partial charge in [0, 0.05) is 17.0 Å². The Labute approximate surface area is 98.3 Å². The molecule has 1 amide bonds. The lowest BCUT2D eigenvalue weighted by atomic mass is 10.1. The van der Waals surface area contributed by atoms with Crippen molar-refractivity contribution in [2.24, 2.45) is 0 Å². The van der Waals surface area contributed by atoms with Crippen molar-refractivity contribution >= 4 is 11.6 Å². The van der Waals surface area contributed by atoms with E-state index in [1.807, 2.05) is 0 Å². The van der Waals surface area contributed by atoms with E-state index in [-0.39, 0.29) is 5.91 Å². The van der Waals surface area contributed by atoms with Crippen LogP contribution < -0.4 is 10.0 Å². The molecule has 0 atom stereocenters. The van der Waals surface area contributed by atoms with Crippen molar-refractivity contribution in [2.75, 3.05) is 5.32 Å². The first-order valence-corrected chi connectivity index (χ1v) is 5.09. The topological polar surface area (TPSA) is 66.1 Å². The molecule has 0 radical (unpaired) electrons. The second-order valence-electron chi connectivity index (χ2n) is 3.62. The number of anilines is 1. The number of nitrogens with zero attached hydrogens (tertiary/aromatic N) is 2. The molecule has 0 spiro atoms. The summed E-state index contributed by atoms with van der Waals surface area (Å²) in [6.45, 7) is 1.80. The summed E-state index contributed by atoms with van der Waals surface area (Å²) >= 11 is 0. The quantitative estimate of drug-likeness (QED) is 0.601. The highest BCUT2D eigenvalue weighted by Crippen LogP contribution is 2.09. The lowest BCUT2D eigenvalue weighted by Gasteiger charge is -2.04. The van der Waals surface area contributed by atoms with E-state index >= 15 is 0 Å². The van der Waals surface area contributed by atoms with Gasteiger partial charge < -0.3 is 5.32 Å². The number of nitrogens with one attached hydrogen (secondary N) is 1. The monoisotopic (exact) mass is 230 g/mol. The van der Waals surface area contributed by atoms with Gasteiger partial charge in [-0.05, 0) is 24.6 Å². The van der Waals surface area contributed by atoms with Crippen LogP contribution in [0, 0.1) is 6.92 Å². The molecule has 0 aliphatic heterocycles. The Kier molecular flexibility index (Phi) is 3.00. The summed E-state index contributed by atoms with van der Waals surface area (Å²) in [5, 5.41) is 12.0. The minimum absolute atomic E-state index is 0.279. The Morgan fingerprint density at radius 1 is 1.47 bits per heavy atom. The highest BCUT2D eigenvalue weighted by atomic mass is 16.5. The molecule has 0 saturated heterocycles. The minimum atomic E-state index is -0.279. The first kappa shape index (κ1) is 11.1. The predicted octanol–water partition coefficient (Wildman–Crippen LogP) is 1.17. The molecule has 0 aromatic carbocycles. The minimum Gasteiger partial charge on any atom is -0.320 e. The molecule has 2 aromatic rings. The smallest absolute Gasteiger partial charge is 0.262 e. The lowest BCUT2D eigenvalue weighted by Crippen LogP contribution is -2.31. The van der Waals surface area contributed by atoms with E-state index in [1.54, 1.807) is 37.5 Å². The zero-order valence-corrected chi connectivity index (χ0v) is 9.29. The maximum atomic E-state index is 11.9. The molecule has 0 aliphatic carbocycles. The zero-order valence-electron chi connectivity index (χ0n) is 9.29. The number of hydrogen-bond acceptors (Lipinski definition) is 3. The molecular formula is C12H12N3O2+. The Balaban J connectivity index is 2.23. The Morgan fingerprint density at radius 3 is 3.00 bits per heavy atom. The van der Waals surface area contributed by atoms with Crippen LogP contribution in [0.15, 0.2) is 43.0 Å². The summed E-state index contributed by atoms with van der Waals surface area (Å²) in [4.78, 5) is 15.8. The molecule has 5 nitrogen and oxygen atoms in total. The van der Waals surface area contributed by atoms with Crippen molar-refractivity contribution in [3.05, 3.63) is 54.1 Å². The van der Waals surface area contributed by atoms with Gasteiger partial charge in [-0.25, -0.2) is 0 Å². The molecule has 2 aromatic heterocycles. The van der Waals surface area contributed by atoms with Gasteiger partial charge in [-0.1, -0.05) is 0 Å². The van der Waals surface area contributed by atoms with Gasteiger partial charge in [0.1, 0.15) is 5.56 Å². The standard InChI is InChI=1S/C12H11N3O2/c1-9-4-6-15(17)8-11(9)12(16)14-10-3-2-5-13-7-10/h2-8H,1H3,(H-,14,16,17)/p+1. The first-order chi connectivity index (χ1) is 8.16. The van der Waals surface area contributed by atoms with Gasteiger partial charge in [0.25, 0.3) is 5.91 Å². The fourth-order valence-electron chi connectivity index (χ4n) is 1.43. The number of aryl methyl sites for hydroxylation is 1. The second kappa shape index (κ2) is 4.61. The van der Waals surface area contributed by atoms with Crippen LogP contribution in [0.3, 0.4) is 0 Å². The average Bonchev–Trinajstić information content (AvgIpc) is 2.33. The number of carbonyl (C=O) groups excluding carboxylic acids is 1. The molecule has 5 heteroatoms. The van der Waals surface area contributed by atoms with Crippen LogP contribution in [-0.2, 0) is 0 Å². The van der Waals surface area contributed by atoms with Crippen LogP contribution in [0.4, 0.5) is 5.69 Å². The lowest BCUT2D eigenvalue weighted by molar-refractivity contribution is -0.904. The highest BCUT2D eigenvalue weighted by molar-refractivity contribution is 6.04. The van der Waals surface area contributed by atoms with E-state index in [0.717, 1.165) is 10.3 Å². The fraction of sp³-hybridized carbons (Fsp3) is 0.0833. The molecule has 2 N–H and O–H groups in total.